The van der Waals surface area contributed by atoms with Gasteiger partial charge in [-0.1, -0.05) is 12.1 Å². The van der Waals surface area contributed by atoms with E-state index in [0.29, 0.717) is 18.1 Å². The van der Waals surface area contributed by atoms with E-state index in [1.54, 1.807) is 24.0 Å². The van der Waals surface area contributed by atoms with Gasteiger partial charge in [-0.15, -0.1) is 0 Å². The fourth-order valence-corrected chi connectivity index (χ4v) is 2.19. The number of guanidine groups is 1. The molecule has 0 radical (unpaired) electrons. The van der Waals surface area contributed by atoms with Crippen molar-refractivity contribution in [3.05, 3.63) is 53.3 Å². The zero-order chi connectivity index (χ0) is 17.6. The molecule has 0 aliphatic rings. The molecule has 2 aromatic rings. The van der Waals surface area contributed by atoms with Gasteiger partial charge in [-0.25, -0.2) is 0 Å². The van der Waals surface area contributed by atoms with Crippen molar-refractivity contribution in [2.75, 3.05) is 13.6 Å². The first kappa shape index (κ1) is 17.8. The van der Waals surface area contributed by atoms with E-state index < -0.39 is 11.7 Å². The number of hydrogen-bond donors (Lipinski definition) is 2. The third-order valence-corrected chi connectivity index (χ3v) is 3.40. The molecule has 24 heavy (non-hydrogen) atoms. The summed E-state index contributed by atoms with van der Waals surface area (Å²) in [5.41, 5.74) is 0.986. The number of benzene rings is 1. The number of alkyl halides is 3. The van der Waals surface area contributed by atoms with Crippen molar-refractivity contribution in [3.63, 3.8) is 0 Å². The van der Waals surface area contributed by atoms with E-state index in [1.807, 2.05) is 13.2 Å². The monoisotopic (exact) mass is 339 g/mol. The van der Waals surface area contributed by atoms with Crippen LogP contribution in [0.15, 0.2) is 41.7 Å². The molecule has 1 aromatic heterocycles. The first-order valence-corrected chi connectivity index (χ1v) is 7.46. The molecule has 1 heterocycles. The topological polar surface area (TPSA) is 54.2 Å². The number of aliphatic imine (C=N–C) groups is 1. The lowest BCUT2D eigenvalue weighted by Gasteiger charge is -2.13. The predicted octanol–water partition coefficient (Wildman–Crippen LogP) is 2.35. The van der Waals surface area contributed by atoms with E-state index in [0.717, 1.165) is 24.1 Å². The lowest BCUT2D eigenvalue weighted by molar-refractivity contribution is -0.137. The normalized spacial score (nSPS) is 12.3. The van der Waals surface area contributed by atoms with Crippen LogP contribution in [0.5, 0.6) is 0 Å². The molecule has 0 fully saturated rings. The molecule has 0 aliphatic carbocycles. The van der Waals surface area contributed by atoms with Gasteiger partial charge in [0.15, 0.2) is 5.96 Å². The molecule has 0 spiro atoms. The number of nitrogens with one attached hydrogen (secondary N) is 2. The molecule has 5 nitrogen and oxygen atoms in total. The first-order valence-electron chi connectivity index (χ1n) is 7.46. The van der Waals surface area contributed by atoms with Crippen LogP contribution in [0.25, 0.3) is 0 Å². The Morgan fingerprint density at radius 2 is 2.04 bits per heavy atom. The SMILES string of the molecule is CN=C(NCCc1cnn(C)c1)NCc1cccc(C(F)(F)F)c1. The second-order valence-electron chi connectivity index (χ2n) is 5.32. The summed E-state index contributed by atoms with van der Waals surface area (Å²) >= 11 is 0. The van der Waals surface area contributed by atoms with E-state index in [-0.39, 0.29) is 6.54 Å². The highest BCUT2D eigenvalue weighted by atomic mass is 19.4. The van der Waals surface area contributed by atoms with E-state index in [1.165, 1.54) is 6.07 Å². The van der Waals surface area contributed by atoms with Crippen molar-refractivity contribution < 1.29 is 13.2 Å². The van der Waals surface area contributed by atoms with E-state index >= 15 is 0 Å². The lowest BCUT2D eigenvalue weighted by Crippen LogP contribution is -2.37. The molecule has 0 bridgehead atoms. The standard InChI is InChI=1S/C16H20F3N5/c1-20-15(21-7-6-13-10-23-24(2)11-13)22-9-12-4-3-5-14(8-12)16(17,18)19/h3-5,8,10-11H,6-7,9H2,1-2H3,(H2,20,21,22). The summed E-state index contributed by atoms with van der Waals surface area (Å²) in [5.74, 6) is 0.538. The van der Waals surface area contributed by atoms with Crippen molar-refractivity contribution >= 4 is 5.96 Å². The average Bonchev–Trinajstić information content (AvgIpc) is 2.95. The fraction of sp³-hybridized carbons (Fsp3) is 0.375. The molecule has 0 saturated heterocycles. The predicted molar refractivity (Wildman–Crippen MR) is 86.6 cm³/mol. The van der Waals surface area contributed by atoms with Crippen LogP contribution < -0.4 is 10.6 Å². The molecule has 0 aliphatic heterocycles. The Kier molecular flexibility index (Phi) is 5.83. The zero-order valence-electron chi connectivity index (χ0n) is 13.6. The number of nitrogens with zero attached hydrogens (tertiary/aromatic N) is 3. The highest BCUT2D eigenvalue weighted by molar-refractivity contribution is 5.79. The third kappa shape index (κ3) is 5.29. The molecular weight excluding hydrogens is 319 g/mol. The van der Waals surface area contributed by atoms with E-state index in [2.05, 4.69) is 20.7 Å². The van der Waals surface area contributed by atoms with Crippen LogP contribution in [-0.2, 0) is 26.2 Å². The van der Waals surface area contributed by atoms with Gasteiger partial charge >= 0.3 is 6.18 Å². The van der Waals surface area contributed by atoms with Crippen LogP contribution in [0.1, 0.15) is 16.7 Å². The molecule has 130 valence electrons. The molecule has 2 rings (SSSR count). The Morgan fingerprint density at radius 3 is 2.67 bits per heavy atom. The second kappa shape index (κ2) is 7.85. The van der Waals surface area contributed by atoms with Gasteiger partial charge in [-0.2, -0.15) is 18.3 Å². The molecule has 0 atom stereocenters. The van der Waals surface area contributed by atoms with E-state index in [9.17, 15) is 13.2 Å². The van der Waals surface area contributed by atoms with Crippen LogP contribution in [0.4, 0.5) is 13.2 Å². The third-order valence-electron chi connectivity index (χ3n) is 3.40. The second-order valence-corrected chi connectivity index (χ2v) is 5.32. The Hall–Kier alpha value is -2.51. The number of rotatable bonds is 5. The maximum absolute atomic E-state index is 12.7. The van der Waals surface area contributed by atoms with Crippen LogP contribution >= 0.6 is 0 Å². The number of hydrogen-bond acceptors (Lipinski definition) is 2. The van der Waals surface area contributed by atoms with E-state index in [4.69, 9.17) is 0 Å². The Bertz CT molecular complexity index is 691. The van der Waals surface area contributed by atoms with Crippen molar-refractivity contribution in [1.82, 2.24) is 20.4 Å². The van der Waals surface area contributed by atoms with Crippen molar-refractivity contribution in [2.45, 2.75) is 19.1 Å². The summed E-state index contributed by atoms with van der Waals surface area (Å²) in [6, 6.07) is 5.24. The molecule has 0 amide bonds. The molecule has 0 unspecified atom stereocenters. The van der Waals surface area contributed by atoms with Crippen LogP contribution in [0.3, 0.4) is 0 Å². The highest BCUT2D eigenvalue weighted by Gasteiger charge is 2.30. The minimum Gasteiger partial charge on any atom is -0.356 e. The van der Waals surface area contributed by atoms with Gasteiger partial charge in [0.25, 0.3) is 0 Å². The minimum absolute atomic E-state index is 0.260. The number of aromatic nitrogens is 2. The smallest absolute Gasteiger partial charge is 0.356 e. The molecule has 1 aromatic carbocycles. The minimum atomic E-state index is -4.33. The first-order chi connectivity index (χ1) is 11.4. The average molecular weight is 339 g/mol. The molecular formula is C16H20F3N5. The van der Waals surface area contributed by atoms with Gasteiger partial charge in [-0.3, -0.25) is 9.67 Å². The fourth-order valence-electron chi connectivity index (χ4n) is 2.19. The van der Waals surface area contributed by atoms with Crippen molar-refractivity contribution in [3.8, 4) is 0 Å². The lowest BCUT2D eigenvalue weighted by atomic mass is 10.1. The van der Waals surface area contributed by atoms with Gasteiger partial charge in [0.1, 0.15) is 0 Å². The summed E-state index contributed by atoms with van der Waals surface area (Å²) in [6.45, 7) is 0.907. The summed E-state index contributed by atoms with van der Waals surface area (Å²) < 4.78 is 39.8. The van der Waals surface area contributed by atoms with Crippen LogP contribution in [-0.4, -0.2) is 29.3 Å². The molecule has 8 heteroatoms. The number of halogens is 3. The zero-order valence-corrected chi connectivity index (χ0v) is 13.6. The van der Waals surface area contributed by atoms with Crippen LogP contribution in [0, 0.1) is 0 Å². The summed E-state index contributed by atoms with van der Waals surface area (Å²) in [7, 11) is 3.47. The van der Waals surface area contributed by atoms with Gasteiger partial charge in [0.05, 0.1) is 11.8 Å². The largest absolute Gasteiger partial charge is 0.416 e. The van der Waals surface area contributed by atoms with Gasteiger partial charge < -0.3 is 10.6 Å². The van der Waals surface area contributed by atoms with Crippen LogP contribution in [0.2, 0.25) is 0 Å². The summed E-state index contributed by atoms with van der Waals surface area (Å²) in [5, 5.41) is 10.2. The van der Waals surface area contributed by atoms with Crippen molar-refractivity contribution in [1.29, 1.82) is 0 Å². The molecule has 2 N–H and O–H groups in total. The summed E-state index contributed by atoms with van der Waals surface area (Å²) in [4.78, 5) is 4.06. The Morgan fingerprint density at radius 1 is 1.25 bits per heavy atom. The summed E-state index contributed by atoms with van der Waals surface area (Å²) in [6.07, 6.45) is 0.165. The number of aryl methyl sites for hydroxylation is 1. The Labute approximate surface area is 138 Å². The Balaban J connectivity index is 1.83. The maximum atomic E-state index is 12.7. The van der Waals surface area contributed by atoms with Crippen molar-refractivity contribution in [2.24, 2.45) is 12.0 Å². The van der Waals surface area contributed by atoms with Gasteiger partial charge in [-0.05, 0) is 29.7 Å². The highest BCUT2D eigenvalue weighted by Crippen LogP contribution is 2.29. The van der Waals surface area contributed by atoms with Gasteiger partial charge in [0, 0.05) is 33.4 Å². The quantitative estimate of drug-likeness (QED) is 0.649. The maximum Gasteiger partial charge on any atom is 0.416 e. The molecule has 0 saturated carbocycles. The van der Waals surface area contributed by atoms with Gasteiger partial charge in [0.2, 0.25) is 0 Å².